The standard InChI is InChI=1S/C24H24BrN3O3/c1-30-21-9-8-19(16-22(21)31-17-18-5-4-6-20(25)15-18)24(29)28-13-11-27(12-14-28)23-7-2-3-10-26-23/h2-10,15-16H,11-14,17H2,1H3. The summed E-state index contributed by atoms with van der Waals surface area (Å²) in [5.74, 6) is 2.10. The van der Waals surface area contributed by atoms with Crippen molar-refractivity contribution in [2.24, 2.45) is 0 Å². The van der Waals surface area contributed by atoms with Gasteiger partial charge in [-0.15, -0.1) is 0 Å². The minimum absolute atomic E-state index is 0.00405. The maximum atomic E-state index is 13.1. The van der Waals surface area contributed by atoms with E-state index in [1.807, 2.05) is 47.4 Å². The van der Waals surface area contributed by atoms with Gasteiger partial charge < -0.3 is 19.3 Å². The van der Waals surface area contributed by atoms with Crippen molar-refractivity contribution >= 4 is 27.7 Å². The quantitative estimate of drug-likeness (QED) is 0.522. The van der Waals surface area contributed by atoms with Crippen molar-refractivity contribution in [1.82, 2.24) is 9.88 Å². The molecule has 0 bridgehead atoms. The zero-order valence-corrected chi connectivity index (χ0v) is 18.9. The Morgan fingerprint density at radius 3 is 2.55 bits per heavy atom. The number of methoxy groups -OCH3 is 1. The number of nitrogens with zero attached hydrogens (tertiary/aromatic N) is 3. The van der Waals surface area contributed by atoms with Gasteiger partial charge in [0, 0.05) is 42.4 Å². The van der Waals surface area contributed by atoms with E-state index >= 15 is 0 Å². The second-order valence-corrected chi connectivity index (χ2v) is 8.17. The Bertz CT molecular complexity index is 1040. The summed E-state index contributed by atoms with van der Waals surface area (Å²) in [6.45, 7) is 3.19. The Balaban J connectivity index is 1.43. The van der Waals surface area contributed by atoms with Crippen LogP contribution in [0.2, 0.25) is 0 Å². The van der Waals surface area contributed by atoms with Crippen LogP contribution >= 0.6 is 15.9 Å². The van der Waals surface area contributed by atoms with E-state index in [-0.39, 0.29) is 5.91 Å². The summed E-state index contributed by atoms with van der Waals surface area (Å²) in [5.41, 5.74) is 1.62. The molecule has 0 N–H and O–H groups in total. The molecule has 1 fully saturated rings. The highest BCUT2D eigenvalue weighted by molar-refractivity contribution is 9.10. The van der Waals surface area contributed by atoms with E-state index in [1.54, 1.807) is 31.5 Å². The monoisotopic (exact) mass is 481 g/mol. The van der Waals surface area contributed by atoms with Crippen LogP contribution in [0, 0.1) is 0 Å². The molecule has 1 aliphatic heterocycles. The molecule has 0 unspecified atom stereocenters. The first kappa shape index (κ1) is 21.2. The third-order valence-corrected chi connectivity index (χ3v) is 5.73. The van der Waals surface area contributed by atoms with Crippen LogP contribution < -0.4 is 14.4 Å². The van der Waals surface area contributed by atoms with Gasteiger partial charge in [0.1, 0.15) is 12.4 Å². The molecule has 1 amide bonds. The zero-order chi connectivity index (χ0) is 21.6. The van der Waals surface area contributed by atoms with E-state index in [0.29, 0.717) is 36.8 Å². The van der Waals surface area contributed by atoms with Gasteiger partial charge in [0.2, 0.25) is 0 Å². The number of halogens is 1. The number of ether oxygens (including phenoxy) is 2. The van der Waals surface area contributed by atoms with E-state index in [9.17, 15) is 4.79 Å². The molecule has 31 heavy (non-hydrogen) atoms. The summed E-state index contributed by atoms with van der Waals surface area (Å²) in [6.07, 6.45) is 1.79. The van der Waals surface area contributed by atoms with Crippen LogP contribution in [0.25, 0.3) is 0 Å². The van der Waals surface area contributed by atoms with Crippen LogP contribution in [0.15, 0.2) is 71.3 Å². The number of piperazine rings is 1. The summed E-state index contributed by atoms with van der Waals surface area (Å²) in [6, 6.07) is 19.2. The SMILES string of the molecule is COc1ccc(C(=O)N2CCN(c3ccccn3)CC2)cc1OCc1cccc(Br)c1. The van der Waals surface area contributed by atoms with E-state index in [2.05, 4.69) is 25.8 Å². The third-order valence-electron chi connectivity index (χ3n) is 5.23. The Kier molecular flexibility index (Phi) is 6.72. The van der Waals surface area contributed by atoms with E-state index < -0.39 is 0 Å². The molecule has 160 valence electrons. The Hall–Kier alpha value is -3.06. The molecule has 1 saturated heterocycles. The molecule has 0 spiro atoms. The summed E-state index contributed by atoms with van der Waals surface area (Å²) in [5, 5.41) is 0. The molecule has 2 aromatic carbocycles. The zero-order valence-electron chi connectivity index (χ0n) is 17.3. The lowest BCUT2D eigenvalue weighted by Crippen LogP contribution is -2.49. The smallest absolute Gasteiger partial charge is 0.254 e. The van der Waals surface area contributed by atoms with E-state index in [4.69, 9.17) is 9.47 Å². The normalized spacial score (nSPS) is 13.7. The summed E-state index contributed by atoms with van der Waals surface area (Å²) < 4.78 is 12.4. The number of carbonyl (C=O) groups excluding carboxylic acids is 1. The fraction of sp³-hybridized carbons (Fsp3) is 0.250. The van der Waals surface area contributed by atoms with Crippen LogP contribution in [0.5, 0.6) is 11.5 Å². The molecule has 0 radical (unpaired) electrons. The first-order chi connectivity index (χ1) is 15.1. The Morgan fingerprint density at radius 1 is 1.00 bits per heavy atom. The van der Waals surface area contributed by atoms with Crippen molar-refractivity contribution in [2.75, 3.05) is 38.2 Å². The molecule has 7 heteroatoms. The maximum absolute atomic E-state index is 13.1. The number of benzene rings is 2. The fourth-order valence-electron chi connectivity index (χ4n) is 3.57. The van der Waals surface area contributed by atoms with Crippen LogP contribution in [-0.2, 0) is 6.61 Å². The molecule has 1 aromatic heterocycles. The minimum Gasteiger partial charge on any atom is -0.493 e. The van der Waals surface area contributed by atoms with Crippen molar-refractivity contribution < 1.29 is 14.3 Å². The predicted octanol–water partition coefficient (Wildman–Crippen LogP) is 4.39. The lowest BCUT2D eigenvalue weighted by atomic mass is 10.1. The second kappa shape index (κ2) is 9.83. The summed E-state index contributed by atoms with van der Waals surface area (Å²) in [7, 11) is 1.60. The van der Waals surface area contributed by atoms with Gasteiger partial charge in [-0.25, -0.2) is 4.98 Å². The van der Waals surface area contributed by atoms with Gasteiger partial charge in [-0.05, 0) is 48.0 Å². The number of hydrogen-bond donors (Lipinski definition) is 0. The van der Waals surface area contributed by atoms with Crippen molar-refractivity contribution in [3.05, 3.63) is 82.5 Å². The van der Waals surface area contributed by atoms with Crippen LogP contribution in [-0.4, -0.2) is 49.1 Å². The van der Waals surface area contributed by atoms with Gasteiger partial charge in [0.15, 0.2) is 11.5 Å². The van der Waals surface area contributed by atoms with E-state index in [0.717, 1.165) is 28.9 Å². The molecule has 0 atom stereocenters. The first-order valence-corrected chi connectivity index (χ1v) is 10.9. The highest BCUT2D eigenvalue weighted by atomic mass is 79.9. The van der Waals surface area contributed by atoms with E-state index in [1.165, 1.54) is 0 Å². The molecular formula is C24H24BrN3O3. The van der Waals surface area contributed by atoms with Crippen molar-refractivity contribution in [2.45, 2.75) is 6.61 Å². The van der Waals surface area contributed by atoms with Gasteiger partial charge in [0.05, 0.1) is 7.11 Å². The van der Waals surface area contributed by atoms with Crippen LogP contribution in [0.1, 0.15) is 15.9 Å². The van der Waals surface area contributed by atoms with Crippen molar-refractivity contribution in [1.29, 1.82) is 0 Å². The van der Waals surface area contributed by atoms with Gasteiger partial charge in [0.25, 0.3) is 5.91 Å². The minimum atomic E-state index is -0.00405. The number of anilines is 1. The van der Waals surface area contributed by atoms with Crippen molar-refractivity contribution in [3.63, 3.8) is 0 Å². The third kappa shape index (κ3) is 5.17. The second-order valence-electron chi connectivity index (χ2n) is 7.25. The Labute approximate surface area is 190 Å². The lowest BCUT2D eigenvalue weighted by molar-refractivity contribution is 0.0746. The lowest BCUT2D eigenvalue weighted by Gasteiger charge is -2.35. The van der Waals surface area contributed by atoms with Gasteiger partial charge >= 0.3 is 0 Å². The van der Waals surface area contributed by atoms with Gasteiger partial charge in [-0.1, -0.05) is 34.1 Å². The molecular weight excluding hydrogens is 458 g/mol. The summed E-state index contributed by atoms with van der Waals surface area (Å²) >= 11 is 3.47. The molecule has 1 aliphatic rings. The fourth-order valence-corrected chi connectivity index (χ4v) is 4.02. The van der Waals surface area contributed by atoms with Crippen LogP contribution in [0.4, 0.5) is 5.82 Å². The van der Waals surface area contributed by atoms with Crippen LogP contribution in [0.3, 0.4) is 0 Å². The number of hydrogen-bond acceptors (Lipinski definition) is 5. The predicted molar refractivity (Wildman–Crippen MR) is 124 cm³/mol. The largest absolute Gasteiger partial charge is 0.493 e. The maximum Gasteiger partial charge on any atom is 0.254 e. The topological polar surface area (TPSA) is 54.9 Å². The van der Waals surface area contributed by atoms with Crippen molar-refractivity contribution in [3.8, 4) is 11.5 Å². The molecule has 3 aromatic rings. The number of aromatic nitrogens is 1. The molecule has 2 heterocycles. The molecule has 0 aliphatic carbocycles. The number of amides is 1. The molecule has 4 rings (SSSR count). The average molecular weight is 482 g/mol. The first-order valence-electron chi connectivity index (χ1n) is 10.1. The Morgan fingerprint density at radius 2 is 1.84 bits per heavy atom. The highest BCUT2D eigenvalue weighted by Gasteiger charge is 2.23. The van der Waals surface area contributed by atoms with Gasteiger partial charge in [-0.2, -0.15) is 0 Å². The number of pyridine rings is 1. The molecule has 6 nitrogen and oxygen atoms in total. The average Bonchev–Trinajstić information content (AvgIpc) is 2.83. The molecule has 0 saturated carbocycles. The number of rotatable bonds is 6. The highest BCUT2D eigenvalue weighted by Crippen LogP contribution is 2.30. The number of carbonyl (C=O) groups is 1. The summed E-state index contributed by atoms with van der Waals surface area (Å²) in [4.78, 5) is 21.6. The van der Waals surface area contributed by atoms with Gasteiger partial charge in [-0.3, -0.25) is 4.79 Å².